The van der Waals surface area contributed by atoms with Gasteiger partial charge in [0.05, 0.1) is 0 Å². The maximum atomic E-state index is 11.7. The molecular formula is C13H14O4. The zero-order valence-electron chi connectivity index (χ0n) is 9.39. The molecule has 1 aromatic rings. The monoisotopic (exact) mass is 234 g/mol. The fraction of sp³-hybridized carbons (Fsp3) is 0.385. The molecule has 0 saturated heterocycles. The zero-order chi connectivity index (χ0) is 12.3. The summed E-state index contributed by atoms with van der Waals surface area (Å²) in [5.74, 6) is -1.26. The average Bonchev–Trinajstić information content (AvgIpc) is 2.69. The summed E-state index contributed by atoms with van der Waals surface area (Å²) in [6.45, 7) is 0.0786. The Bertz CT molecular complexity index is 426. The maximum Gasteiger partial charge on any atom is 0.346 e. The minimum atomic E-state index is -1.91. The van der Waals surface area contributed by atoms with Crippen LogP contribution < -0.4 is 0 Å². The van der Waals surface area contributed by atoms with Crippen LogP contribution in [0.25, 0.3) is 0 Å². The summed E-state index contributed by atoms with van der Waals surface area (Å²) >= 11 is 0. The van der Waals surface area contributed by atoms with Gasteiger partial charge in [-0.3, -0.25) is 4.79 Å². The minimum absolute atomic E-state index is 0.0786. The number of ketones is 1. The number of aliphatic hydroxyl groups is 1. The SMILES string of the molecule is O=C1CCC[C@]1(O)C(=O)OCc1ccccc1. The third kappa shape index (κ3) is 2.36. The zero-order valence-corrected chi connectivity index (χ0v) is 9.39. The van der Waals surface area contributed by atoms with Crippen LogP contribution in [0.5, 0.6) is 0 Å². The minimum Gasteiger partial charge on any atom is -0.458 e. The van der Waals surface area contributed by atoms with Crippen molar-refractivity contribution in [3.8, 4) is 0 Å². The highest BCUT2D eigenvalue weighted by Crippen LogP contribution is 2.27. The van der Waals surface area contributed by atoms with E-state index in [0.29, 0.717) is 6.42 Å². The van der Waals surface area contributed by atoms with Gasteiger partial charge in [0.15, 0.2) is 5.78 Å². The Balaban J connectivity index is 1.96. The summed E-state index contributed by atoms with van der Waals surface area (Å²) in [5.41, 5.74) is -1.08. The summed E-state index contributed by atoms with van der Waals surface area (Å²) in [6.07, 6.45) is 0.951. The van der Waals surface area contributed by atoms with Crippen molar-refractivity contribution in [2.45, 2.75) is 31.5 Å². The first-order valence-corrected chi connectivity index (χ1v) is 5.60. The molecule has 4 heteroatoms. The van der Waals surface area contributed by atoms with E-state index in [4.69, 9.17) is 4.74 Å². The van der Waals surface area contributed by atoms with Gasteiger partial charge in [0.25, 0.3) is 0 Å². The molecule has 0 heterocycles. The van der Waals surface area contributed by atoms with Gasteiger partial charge in [-0.1, -0.05) is 30.3 Å². The lowest BCUT2D eigenvalue weighted by atomic mass is 10.0. The van der Waals surface area contributed by atoms with E-state index in [0.717, 1.165) is 5.56 Å². The average molecular weight is 234 g/mol. The topological polar surface area (TPSA) is 63.6 Å². The summed E-state index contributed by atoms with van der Waals surface area (Å²) in [6, 6.07) is 9.15. The Labute approximate surface area is 99.2 Å². The molecule has 0 aromatic heterocycles. The molecule has 0 amide bonds. The molecule has 0 spiro atoms. The number of ether oxygens (including phenoxy) is 1. The van der Waals surface area contributed by atoms with E-state index >= 15 is 0 Å². The fourth-order valence-electron chi connectivity index (χ4n) is 1.91. The van der Waals surface area contributed by atoms with Crippen molar-refractivity contribution in [2.75, 3.05) is 0 Å². The first kappa shape index (κ1) is 11.8. The Morgan fingerprint density at radius 2 is 2.06 bits per heavy atom. The third-order valence-corrected chi connectivity index (χ3v) is 2.95. The van der Waals surface area contributed by atoms with Gasteiger partial charge in [-0.2, -0.15) is 0 Å². The van der Waals surface area contributed by atoms with Crippen molar-refractivity contribution in [1.29, 1.82) is 0 Å². The molecule has 2 rings (SSSR count). The molecule has 17 heavy (non-hydrogen) atoms. The van der Waals surface area contributed by atoms with Gasteiger partial charge >= 0.3 is 5.97 Å². The lowest BCUT2D eigenvalue weighted by Gasteiger charge is -2.18. The molecule has 0 bridgehead atoms. The van der Waals surface area contributed by atoms with Crippen molar-refractivity contribution >= 4 is 11.8 Å². The number of carbonyl (C=O) groups excluding carboxylic acids is 2. The van der Waals surface area contributed by atoms with Gasteiger partial charge in [-0.15, -0.1) is 0 Å². The lowest BCUT2D eigenvalue weighted by molar-refractivity contribution is -0.169. The van der Waals surface area contributed by atoms with E-state index in [1.165, 1.54) is 0 Å². The summed E-state index contributed by atoms with van der Waals surface area (Å²) < 4.78 is 4.98. The van der Waals surface area contributed by atoms with E-state index in [1.54, 1.807) is 0 Å². The quantitative estimate of drug-likeness (QED) is 0.630. The number of esters is 1. The van der Waals surface area contributed by atoms with Gasteiger partial charge in [0, 0.05) is 6.42 Å². The van der Waals surface area contributed by atoms with Crippen LogP contribution in [0.3, 0.4) is 0 Å². The smallest absolute Gasteiger partial charge is 0.346 e. The van der Waals surface area contributed by atoms with Crippen molar-refractivity contribution in [3.63, 3.8) is 0 Å². The van der Waals surface area contributed by atoms with E-state index in [-0.39, 0.29) is 19.4 Å². The van der Waals surface area contributed by atoms with Crippen molar-refractivity contribution < 1.29 is 19.4 Å². The number of benzene rings is 1. The second kappa shape index (κ2) is 4.67. The summed E-state index contributed by atoms with van der Waals surface area (Å²) in [7, 11) is 0. The van der Waals surface area contributed by atoms with Gasteiger partial charge in [0.1, 0.15) is 6.61 Å². The Morgan fingerprint density at radius 1 is 1.35 bits per heavy atom. The number of rotatable bonds is 3. The first-order chi connectivity index (χ1) is 8.13. The predicted octanol–water partition coefficient (Wildman–Crippen LogP) is 1.21. The molecule has 1 saturated carbocycles. The summed E-state index contributed by atoms with van der Waals surface area (Å²) in [5, 5.41) is 9.88. The van der Waals surface area contributed by atoms with Crippen LogP contribution in [-0.4, -0.2) is 22.5 Å². The standard InChI is InChI=1S/C13H14O4/c14-11-7-4-8-13(11,16)12(15)17-9-10-5-2-1-3-6-10/h1-3,5-6,16H,4,7-9H2/t13-/m1/s1. The van der Waals surface area contributed by atoms with Crippen molar-refractivity contribution in [2.24, 2.45) is 0 Å². The molecule has 1 aromatic carbocycles. The van der Waals surface area contributed by atoms with E-state index in [1.807, 2.05) is 30.3 Å². The molecule has 90 valence electrons. The normalized spacial score (nSPS) is 23.7. The number of hydrogen-bond donors (Lipinski definition) is 1. The van der Waals surface area contributed by atoms with Crippen LogP contribution in [0.4, 0.5) is 0 Å². The van der Waals surface area contributed by atoms with Crippen molar-refractivity contribution in [3.05, 3.63) is 35.9 Å². The van der Waals surface area contributed by atoms with Gasteiger partial charge in [0.2, 0.25) is 5.60 Å². The van der Waals surface area contributed by atoms with Crippen LogP contribution in [0, 0.1) is 0 Å². The van der Waals surface area contributed by atoms with Crippen LogP contribution in [0.1, 0.15) is 24.8 Å². The highest BCUT2D eigenvalue weighted by atomic mass is 16.6. The van der Waals surface area contributed by atoms with Crippen LogP contribution in [-0.2, 0) is 20.9 Å². The fourth-order valence-corrected chi connectivity index (χ4v) is 1.91. The molecule has 1 N–H and O–H groups in total. The molecular weight excluding hydrogens is 220 g/mol. The third-order valence-electron chi connectivity index (χ3n) is 2.95. The Morgan fingerprint density at radius 3 is 2.65 bits per heavy atom. The highest BCUT2D eigenvalue weighted by Gasteiger charge is 2.48. The molecule has 0 radical (unpaired) electrons. The van der Waals surface area contributed by atoms with E-state index in [9.17, 15) is 14.7 Å². The Kier molecular flexibility index (Phi) is 3.24. The predicted molar refractivity (Wildman–Crippen MR) is 60.0 cm³/mol. The van der Waals surface area contributed by atoms with Crippen LogP contribution in [0.2, 0.25) is 0 Å². The molecule has 1 atom stereocenters. The van der Waals surface area contributed by atoms with Gasteiger partial charge < -0.3 is 9.84 Å². The van der Waals surface area contributed by atoms with E-state index < -0.39 is 17.4 Å². The molecule has 4 nitrogen and oxygen atoms in total. The maximum absolute atomic E-state index is 11.7. The molecule has 1 aliphatic carbocycles. The van der Waals surface area contributed by atoms with Gasteiger partial charge in [-0.25, -0.2) is 4.79 Å². The number of hydrogen-bond acceptors (Lipinski definition) is 4. The molecule has 1 aliphatic rings. The van der Waals surface area contributed by atoms with Crippen LogP contribution >= 0.6 is 0 Å². The highest BCUT2D eigenvalue weighted by molar-refractivity contribution is 6.08. The second-order valence-electron chi connectivity index (χ2n) is 4.20. The lowest BCUT2D eigenvalue weighted by Crippen LogP contribution is -2.43. The molecule has 0 unspecified atom stereocenters. The van der Waals surface area contributed by atoms with E-state index in [2.05, 4.69) is 0 Å². The molecule has 1 fully saturated rings. The Hall–Kier alpha value is -1.68. The van der Waals surface area contributed by atoms with Crippen LogP contribution in [0.15, 0.2) is 30.3 Å². The summed E-state index contributed by atoms with van der Waals surface area (Å²) in [4.78, 5) is 23.1. The number of Topliss-reactive ketones (excluding diaryl/α,β-unsaturated/α-hetero) is 1. The van der Waals surface area contributed by atoms with Crippen molar-refractivity contribution in [1.82, 2.24) is 0 Å². The first-order valence-electron chi connectivity index (χ1n) is 5.60. The largest absolute Gasteiger partial charge is 0.458 e. The molecule has 0 aliphatic heterocycles. The second-order valence-corrected chi connectivity index (χ2v) is 4.20. The number of carbonyl (C=O) groups is 2. The van der Waals surface area contributed by atoms with Gasteiger partial charge in [-0.05, 0) is 18.4 Å².